The highest BCUT2D eigenvalue weighted by Crippen LogP contribution is 2.23. The first-order chi connectivity index (χ1) is 15.4. The topological polar surface area (TPSA) is 65.1 Å². The lowest BCUT2D eigenvalue weighted by molar-refractivity contribution is 0.171. The summed E-state index contributed by atoms with van der Waals surface area (Å²) in [7, 11) is 3.22. The summed E-state index contributed by atoms with van der Waals surface area (Å²) in [6.45, 7) is 5.53. The summed E-state index contributed by atoms with van der Waals surface area (Å²) in [5, 5.41) is 2.33. The summed E-state index contributed by atoms with van der Waals surface area (Å²) < 4.78 is 4.69. The average molecular weight is 432 g/mol. The lowest BCUT2D eigenvalue weighted by Gasteiger charge is -2.30. The van der Waals surface area contributed by atoms with Crippen LogP contribution < -0.4 is 11.2 Å². The first kappa shape index (κ1) is 20.7. The molecule has 0 N–H and O–H groups in total. The minimum atomic E-state index is -0.351. The van der Waals surface area contributed by atoms with E-state index < -0.39 is 0 Å². The van der Waals surface area contributed by atoms with E-state index in [0.717, 1.165) is 29.9 Å². The van der Waals surface area contributed by atoms with Crippen LogP contribution in [0.1, 0.15) is 31.2 Å². The van der Waals surface area contributed by atoms with Crippen LogP contribution >= 0.6 is 0 Å². The van der Waals surface area contributed by atoms with Gasteiger partial charge in [0.1, 0.15) is 5.82 Å². The third kappa shape index (κ3) is 3.46. The monoisotopic (exact) mass is 431 g/mol. The number of aromatic nitrogens is 4. The van der Waals surface area contributed by atoms with Crippen LogP contribution in [0.4, 0.5) is 0 Å². The van der Waals surface area contributed by atoms with E-state index in [1.54, 1.807) is 7.05 Å². The van der Waals surface area contributed by atoms with Crippen molar-refractivity contribution in [3.05, 3.63) is 74.7 Å². The molecule has 3 heterocycles. The first-order valence-electron chi connectivity index (χ1n) is 11.3. The molecule has 0 spiro atoms. The Hall–Kier alpha value is -3.19. The fourth-order valence-electron chi connectivity index (χ4n) is 5.01. The molecule has 1 fully saturated rings. The maximum Gasteiger partial charge on any atom is 0.332 e. The molecule has 7 nitrogen and oxygen atoms in total. The molecular formula is C25H29N5O2. The van der Waals surface area contributed by atoms with Gasteiger partial charge in [-0.25, -0.2) is 9.78 Å². The molecule has 5 rings (SSSR count). The number of fused-ring (bicyclic) bond motifs is 2. The van der Waals surface area contributed by atoms with Gasteiger partial charge < -0.3 is 4.57 Å². The molecular weight excluding hydrogens is 402 g/mol. The van der Waals surface area contributed by atoms with Gasteiger partial charge in [0.05, 0.1) is 13.1 Å². The lowest BCUT2D eigenvalue weighted by Crippen LogP contribution is -2.37. The Morgan fingerprint density at radius 2 is 1.78 bits per heavy atom. The van der Waals surface area contributed by atoms with Gasteiger partial charge in [0, 0.05) is 20.6 Å². The van der Waals surface area contributed by atoms with Crippen molar-refractivity contribution in [1.29, 1.82) is 0 Å². The molecule has 0 bridgehead atoms. The van der Waals surface area contributed by atoms with Crippen molar-refractivity contribution in [2.24, 2.45) is 20.0 Å². The number of aryl methyl sites for hydroxylation is 1. The Labute approximate surface area is 186 Å². The fourth-order valence-corrected chi connectivity index (χ4v) is 5.01. The largest absolute Gasteiger partial charge is 0.332 e. The van der Waals surface area contributed by atoms with Gasteiger partial charge in [0.15, 0.2) is 11.2 Å². The van der Waals surface area contributed by atoms with Gasteiger partial charge in [0.25, 0.3) is 5.56 Å². The van der Waals surface area contributed by atoms with Crippen LogP contribution in [0.25, 0.3) is 21.9 Å². The van der Waals surface area contributed by atoms with Crippen LogP contribution in [0.15, 0.2) is 52.1 Å². The Bertz CT molecular complexity index is 1420. The second kappa shape index (κ2) is 8.06. The third-order valence-electron chi connectivity index (χ3n) is 6.74. The van der Waals surface area contributed by atoms with E-state index in [9.17, 15) is 9.59 Å². The highest BCUT2D eigenvalue weighted by Gasteiger charge is 2.23. The minimum Gasteiger partial charge on any atom is -0.317 e. The summed E-state index contributed by atoms with van der Waals surface area (Å²) in [6.07, 6.45) is 2.42. The first-order valence-corrected chi connectivity index (χ1v) is 11.3. The number of imidazole rings is 1. The highest BCUT2D eigenvalue weighted by atomic mass is 16.2. The van der Waals surface area contributed by atoms with Crippen molar-refractivity contribution in [1.82, 2.24) is 23.6 Å². The second-order valence-electron chi connectivity index (χ2n) is 9.11. The number of piperidine rings is 1. The zero-order valence-electron chi connectivity index (χ0n) is 18.9. The van der Waals surface area contributed by atoms with Crippen LogP contribution in [0.3, 0.4) is 0 Å². The minimum absolute atomic E-state index is 0.297. The molecule has 4 aromatic rings. The van der Waals surface area contributed by atoms with Crippen LogP contribution in [0.5, 0.6) is 0 Å². The molecule has 1 aliphatic rings. The number of likely N-dealkylation sites (tertiary alicyclic amines) is 1. The SMILES string of the molecule is C[C@H]1CCCN(Cc2nc3c(c(=O)n(C)c(=O)n3C)n2Cc2cccc3ccccc23)C1. The maximum atomic E-state index is 13.2. The summed E-state index contributed by atoms with van der Waals surface area (Å²) in [4.78, 5) is 33.0. The maximum absolute atomic E-state index is 13.2. The lowest BCUT2D eigenvalue weighted by atomic mass is 10.0. The number of benzene rings is 2. The van der Waals surface area contributed by atoms with E-state index in [-0.39, 0.29) is 11.2 Å². The normalized spacial score (nSPS) is 17.4. The zero-order valence-corrected chi connectivity index (χ0v) is 18.9. The van der Waals surface area contributed by atoms with Gasteiger partial charge >= 0.3 is 5.69 Å². The van der Waals surface area contributed by atoms with Gasteiger partial charge in [-0.2, -0.15) is 0 Å². The van der Waals surface area contributed by atoms with E-state index >= 15 is 0 Å². The van der Waals surface area contributed by atoms with Crippen molar-refractivity contribution in [2.45, 2.75) is 32.9 Å². The van der Waals surface area contributed by atoms with E-state index in [1.807, 2.05) is 16.7 Å². The quantitative estimate of drug-likeness (QED) is 0.498. The molecule has 0 amide bonds. The molecule has 1 saturated heterocycles. The highest BCUT2D eigenvalue weighted by molar-refractivity contribution is 5.85. The van der Waals surface area contributed by atoms with Crippen molar-refractivity contribution in [3.8, 4) is 0 Å². The molecule has 166 valence electrons. The number of hydrogen-bond donors (Lipinski definition) is 0. The standard InChI is InChI=1S/C25H29N5O2/c1-17-8-7-13-29(14-17)16-21-26-23-22(24(31)28(3)25(32)27(23)2)30(21)15-19-11-6-10-18-9-4-5-12-20(18)19/h4-6,9-12,17H,7-8,13-16H2,1-3H3/t17-/m0/s1. The van der Waals surface area contributed by atoms with Crippen molar-refractivity contribution < 1.29 is 0 Å². The Balaban J connectivity index is 1.69. The van der Waals surface area contributed by atoms with Crippen molar-refractivity contribution in [3.63, 3.8) is 0 Å². The molecule has 0 aliphatic carbocycles. The smallest absolute Gasteiger partial charge is 0.317 e. The van der Waals surface area contributed by atoms with Gasteiger partial charge in [-0.15, -0.1) is 0 Å². The molecule has 2 aromatic heterocycles. The summed E-state index contributed by atoms with van der Waals surface area (Å²) in [6, 6.07) is 14.5. The molecule has 0 unspecified atom stereocenters. The number of rotatable bonds is 4. The Morgan fingerprint density at radius 1 is 1.00 bits per heavy atom. The molecule has 0 radical (unpaired) electrons. The van der Waals surface area contributed by atoms with Crippen LogP contribution in [0, 0.1) is 5.92 Å². The zero-order chi connectivity index (χ0) is 22.4. The Kier molecular flexibility index (Phi) is 5.21. The van der Waals surface area contributed by atoms with Crippen LogP contribution in [0.2, 0.25) is 0 Å². The van der Waals surface area contributed by atoms with Gasteiger partial charge in [-0.05, 0) is 41.6 Å². The van der Waals surface area contributed by atoms with Crippen LogP contribution in [-0.2, 0) is 27.2 Å². The average Bonchev–Trinajstić information content (AvgIpc) is 3.14. The third-order valence-corrected chi connectivity index (χ3v) is 6.74. The molecule has 7 heteroatoms. The molecule has 32 heavy (non-hydrogen) atoms. The fraction of sp³-hybridized carbons (Fsp3) is 0.400. The molecule has 1 atom stereocenters. The Morgan fingerprint density at radius 3 is 2.59 bits per heavy atom. The van der Waals surface area contributed by atoms with Gasteiger partial charge in [0.2, 0.25) is 0 Å². The number of nitrogens with zero attached hydrogens (tertiary/aromatic N) is 5. The summed E-state index contributed by atoms with van der Waals surface area (Å²) in [5.74, 6) is 1.48. The second-order valence-corrected chi connectivity index (χ2v) is 9.11. The van der Waals surface area contributed by atoms with Crippen molar-refractivity contribution in [2.75, 3.05) is 13.1 Å². The summed E-state index contributed by atoms with van der Waals surface area (Å²) in [5.41, 5.74) is 1.43. The van der Waals surface area contributed by atoms with Crippen molar-refractivity contribution >= 4 is 21.9 Å². The predicted octanol–water partition coefficient (Wildman–Crippen LogP) is 2.87. The van der Waals surface area contributed by atoms with E-state index in [1.165, 1.54) is 34.4 Å². The molecule has 1 aliphatic heterocycles. The summed E-state index contributed by atoms with van der Waals surface area (Å²) >= 11 is 0. The molecule has 0 saturated carbocycles. The van der Waals surface area contributed by atoms with Gasteiger partial charge in [-0.1, -0.05) is 49.4 Å². The van der Waals surface area contributed by atoms with E-state index in [0.29, 0.717) is 30.2 Å². The van der Waals surface area contributed by atoms with Crippen LogP contribution in [-0.4, -0.2) is 36.7 Å². The van der Waals surface area contributed by atoms with E-state index in [2.05, 4.69) is 42.2 Å². The molecule has 2 aromatic carbocycles. The number of hydrogen-bond acceptors (Lipinski definition) is 4. The van der Waals surface area contributed by atoms with E-state index in [4.69, 9.17) is 4.98 Å². The van der Waals surface area contributed by atoms with Gasteiger partial charge in [-0.3, -0.25) is 18.8 Å². The predicted molar refractivity (Wildman–Crippen MR) is 127 cm³/mol.